The van der Waals surface area contributed by atoms with E-state index in [9.17, 15) is 4.79 Å². The molecular formula is C13H15BrN4O2. The minimum atomic E-state index is -0.464. The van der Waals surface area contributed by atoms with Crippen molar-refractivity contribution in [3.63, 3.8) is 0 Å². The summed E-state index contributed by atoms with van der Waals surface area (Å²) in [7, 11) is 1.96. The van der Waals surface area contributed by atoms with Gasteiger partial charge in [-0.05, 0) is 18.7 Å². The van der Waals surface area contributed by atoms with Crippen LogP contribution in [0.4, 0.5) is 0 Å². The van der Waals surface area contributed by atoms with Gasteiger partial charge in [-0.15, -0.1) is 0 Å². The largest absolute Gasteiger partial charge is 0.359 e. The van der Waals surface area contributed by atoms with Crippen LogP contribution in [0.3, 0.4) is 0 Å². The maximum Gasteiger partial charge on any atom is 0.287 e. The first kappa shape index (κ1) is 14.7. The molecular weight excluding hydrogens is 324 g/mol. The summed E-state index contributed by atoms with van der Waals surface area (Å²) in [5.74, 6) is 5.18. The van der Waals surface area contributed by atoms with Gasteiger partial charge >= 0.3 is 0 Å². The molecule has 0 bridgehead atoms. The molecule has 0 aliphatic carbocycles. The second-order valence-corrected chi connectivity index (χ2v) is 5.27. The molecule has 0 aliphatic heterocycles. The lowest BCUT2D eigenvalue weighted by atomic mass is 10.2. The Morgan fingerprint density at radius 2 is 2.20 bits per heavy atom. The molecule has 0 saturated heterocycles. The number of nitrogens with two attached hydrogens (primary N) is 1. The Balaban J connectivity index is 1.98. The highest BCUT2D eigenvalue weighted by molar-refractivity contribution is 9.10. The molecule has 0 aliphatic rings. The lowest BCUT2D eigenvalue weighted by Gasteiger charge is -2.15. The van der Waals surface area contributed by atoms with Gasteiger partial charge in [-0.3, -0.25) is 15.1 Å². The molecule has 0 fully saturated rings. The van der Waals surface area contributed by atoms with Gasteiger partial charge in [0.05, 0.1) is 6.54 Å². The maximum atomic E-state index is 11.3. The zero-order valence-electron chi connectivity index (χ0n) is 11.0. The Morgan fingerprint density at radius 1 is 1.45 bits per heavy atom. The van der Waals surface area contributed by atoms with Crippen molar-refractivity contribution in [3.8, 4) is 0 Å². The predicted octanol–water partition coefficient (Wildman–Crippen LogP) is 1.67. The highest BCUT2D eigenvalue weighted by Gasteiger charge is 2.13. The van der Waals surface area contributed by atoms with E-state index in [-0.39, 0.29) is 5.69 Å². The van der Waals surface area contributed by atoms with E-state index in [4.69, 9.17) is 10.4 Å². The minimum Gasteiger partial charge on any atom is -0.359 e. The van der Waals surface area contributed by atoms with E-state index in [2.05, 4.69) is 26.0 Å². The quantitative estimate of drug-likeness (QED) is 0.492. The number of nitrogens with one attached hydrogen (secondary N) is 1. The lowest BCUT2D eigenvalue weighted by Crippen LogP contribution is -2.30. The first-order chi connectivity index (χ1) is 9.60. The molecule has 20 heavy (non-hydrogen) atoms. The molecule has 1 heterocycles. The number of benzene rings is 1. The number of nitrogen functional groups attached to an aromatic ring is 1. The van der Waals surface area contributed by atoms with Gasteiger partial charge in [-0.1, -0.05) is 39.3 Å². The lowest BCUT2D eigenvalue weighted by molar-refractivity contribution is 0.0944. The molecule has 6 nitrogen and oxygen atoms in total. The van der Waals surface area contributed by atoms with E-state index >= 15 is 0 Å². The van der Waals surface area contributed by atoms with E-state index in [1.54, 1.807) is 6.07 Å². The van der Waals surface area contributed by atoms with Gasteiger partial charge in [0.2, 0.25) is 0 Å². The van der Waals surface area contributed by atoms with Crippen LogP contribution in [0.1, 0.15) is 21.8 Å². The third kappa shape index (κ3) is 3.66. The van der Waals surface area contributed by atoms with Gasteiger partial charge < -0.3 is 4.52 Å². The van der Waals surface area contributed by atoms with Crippen LogP contribution in [0.15, 0.2) is 39.3 Å². The molecule has 0 radical (unpaired) electrons. The van der Waals surface area contributed by atoms with E-state index in [1.165, 1.54) is 5.56 Å². The fraction of sp³-hybridized carbons (Fsp3) is 0.231. The van der Waals surface area contributed by atoms with Crippen LogP contribution in [-0.4, -0.2) is 23.0 Å². The van der Waals surface area contributed by atoms with Crippen LogP contribution in [0, 0.1) is 0 Å². The first-order valence-electron chi connectivity index (χ1n) is 5.98. The number of hydrogen-bond donors (Lipinski definition) is 2. The summed E-state index contributed by atoms with van der Waals surface area (Å²) < 4.78 is 6.17. The average molecular weight is 339 g/mol. The van der Waals surface area contributed by atoms with Crippen molar-refractivity contribution in [2.45, 2.75) is 13.1 Å². The summed E-state index contributed by atoms with van der Waals surface area (Å²) in [5, 5.41) is 3.66. The number of carbonyl (C=O) groups excluding carboxylic acids is 1. The maximum absolute atomic E-state index is 11.3. The molecule has 3 N–H and O–H groups in total. The zero-order chi connectivity index (χ0) is 14.5. The molecule has 106 valence electrons. The van der Waals surface area contributed by atoms with E-state index < -0.39 is 5.91 Å². The molecule has 7 heteroatoms. The number of aromatic nitrogens is 1. The number of carbonyl (C=O) groups is 1. The summed E-state index contributed by atoms with van der Waals surface area (Å²) in [6, 6.07) is 9.60. The van der Waals surface area contributed by atoms with Crippen molar-refractivity contribution in [2.75, 3.05) is 7.05 Å². The van der Waals surface area contributed by atoms with Gasteiger partial charge in [0, 0.05) is 17.1 Å². The fourth-order valence-electron chi connectivity index (χ4n) is 1.81. The number of hydrogen-bond acceptors (Lipinski definition) is 5. The van der Waals surface area contributed by atoms with E-state index in [0.29, 0.717) is 12.3 Å². The van der Waals surface area contributed by atoms with Crippen molar-refractivity contribution in [3.05, 3.63) is 51.8 Å². The topological polar surface area (TPSA) is 84.4 Å². The second kappa shape index (κ2) is 6.65. The Morgan fingerprint density at radius 3 is 2.90 bits per heavy atom. The average Bonchev–Trinajstić information content (AvgIpc) is 2.89. The number of hydrazine groups is 1. The zero-order valence-corrected chi connectivity index (χ0v) is 12.6. The van der Waals surface area contributed by atoms with Gasteiger partial charge in [0.1, 0.15) is 0 Å². The van der Waals surface area contributed by atoms with Crippen LogP contribution < -0.4 is 11.3 Å². The van der Waals surface area contributed by atoms with Gasteiger partial charge in [0.25, 0.3) is 5.91 Å². The Kier molecular flexibility index (Phi) is 4.89. The number of rotatable bonds is 5. The van der Waals surface area contributed by atoms with E-state index in [0.717, 1.165) is 11.0 Å². The van der Waals surface area contributed by atoms with Crippen LogP contribution in [0.25, 0.3) is 0 Å². The SMILES string of the molecule is CN(Cc1cc(C(=O)NN)no1)Cc1ccccc1Br. The van der Waals surface area contributed by atoms with Gasteiger partial charge in [0.15, 0.2) is 11.5 Å². The smallest absolute Gasteiger partial charge is 0.287 e. The predicted molar refractivity (Wildman–Crippen MR) is 77.5 cm³/mol. The molecule has 0 atom stereocenters. The number of nitrogens with zero attached hydrogens (tertiary/aromatic N) is 2. The minimum absolute atomic E-state index is 0.178. The Hall–Kier alpha value is -1.70. The summed E-state index contributed by atoms with van der Waals surface area (Å²) in [4.78, 5) is 13.3. The van der Waals surface area contributed by atoms with Crippen LogP contribution in [0.2, 0.25) is 0 Å². The van der Waals surface area contributed by atoms with Crippen molar-refractivity contribution >= 4 is 21.8 Å². The summed E-state index contributed by atoms with van der Waals surface area (Å²) in [5.41, 5.74) is 3.37. The molecule has 1 amide bonds. The van der Waals surface area contributed by atoms with Crippen LogP contribution >= 0.6 is 15.9 Å². The number of halogens is 1. The molecule has 0 unspecified atom stereocenters. The molecule has 2 aromatic rings. The summed E-state index contributed by atoms with van der Waals surface area (Å²) in [6.45, 7) is 1.30. The van der Waals surface area contributed by atoms with Crippen molar-refractivity contribution in [1.82, 2.24) is 15.5 Å². The summed E-state index contributed by atoms with van der Waals surface area (Å²) in [6.07, 6.45) is 0. The van der Waals surface area contributed by atoms with Crippen molar-refractivity contribution in [2.24, 2.45) is 5.84 Å². The second-order valence-electron chi connectivity index (χ2n) is 4.42. The van der Waals surface area contributed by atoms with Crippen LogP contribution in [0.5, 0.6) is 0 Å². The first-order valence-corrected chi connectivity index (χ1v) is 6.78. The Labute approximate surface area is 125 Å². The third-order valence-corrected chi connectivity index (χ3v) is 3.52. The standard InChI is InChI=1S/C13H15BrN4O2/c1-18(7-9-4-2-3-5-11(9)14)8-10-6-12(17-20-10)13(19)16-15/h2-6H,7-8,15H2,1H3,(H,16,19). The summed E-state index contributed by atoms with van der Waals surface area (Å²) >= 11 is 3.51. The van der Waals surface area contributed by atoms with Crippen molar-refractivity contribution < 1.29 is 9.32 Å². The highest BCUT2D eigenvalue weighted by Crippen LogP contribution is 2.18. The monoisotopic (exact) mass is 338 g/mol. The van der Waals surface area contributed by atoms with E-state index in [1.807, 2.05) is 36.7 Å². The van der Waals surface area contributed by atoms with Gasteiger partial charge in [-0.25, -0.2) is 5.84 Å². The third-order valence-electron chi connectivity index (χ3n) is 2.75. The molecule has 0 saturated carbocycles. The van der Waals surface area contributed by atoms with Crippen LogP contribution in [-0.2, 0) is 13.1 Å². The highest BCUT2D eigenvalue weighted by atomic mass is 79.9. The fourth-order valence-corrected chi connectivity index (χ4v) is 2.22. The normalized spacial score (nSPS) is 10.8. The number of amides is 1. The molecule has 1 aromatic heterocycles. The molecule has 1 aromatic carbocycles. The van der Waals surface area contributed by atoms with Crippen molar-refractivity contribution in [1.29, 1.82) is 0 Å². The molecule has 0 spiro atoms. The molecule has 2 rings (SSSR count). The Bertz CT molecular complexity index is 600. The van der Waals surface area contributed by atoms with Gasteiger partial charge in [-0.2, -0.15) is 0 Å².